The Bertz CT molecular complexity index is 410. The second-order valence-electron chi connectivity index (χ2n) is 6.33. The summed E-state index contributed by atoms with van der Waals surface area (Å²) in [4.78, 5) is 11.9. The fourth-order valence-corrected chi connectivity index (χ4v) is 2.16. The quantitative estimate of drug-likeness (QED) is 0.867. The van der Waals surface area contributed by atoms with Gasteiger partial charge in [-0.25, -0.2) is 0 Å². The zero-order valence-corrected chi connectivity index (χ0v) is 11.6. The minimum Gasteiger partial charge on any atom is -0.352 e. The van der Waals surface area contributed by atoms with Crippen LogP contribution in [0.15, 0.2) is 24.3 Å². The maximum Gasteiger partial charge on any atom is 0.251 e. The molecular formula is C16H23NO. The predicted octanol–water partition coefficient (Wildman–Crippen LogP) is 3.51. The highest BCUT2D eigenvalue weighted by Gasteiger charge is 2.18. The highest BCUT2D eigenvalue weighted by Crippen LogP contribution is 2.25. The summed E-state index contributed by atoms with van der Waals surface area (Å²) in [5, 5.41) is 3.02. The van der Waals surface area contributed by atoms with Gasteiger partial charge in [0.1, 0.15) is 0 Å². The van der Waals surface area contributed by atoms with Crippen LogP contribution in [0, 0.1) is 5.92 Å². The fourth-order valence-electron chi connectivity index (χ4n) is 2.16. The van der Waals surface area contributed by atoms with Gasteiger partial charge in [0, 0.05) is 12.1 Å². The number of hydrogen-bond donors (Lipinski definition) is 1. The molecule has 1 N–H and O–H groups in total. The fraction of sp³-hybridized carbons (Fsp3) is 0.562. The SMILES string of the molecule is CC(C)(C)c1ccc(C(=O)NCC2CCC2)cc1. The first kappa shape index (κ1) is 13.1. The van der Waals surface area contributed by atoms with Crippen molar-refractivity contribution in [2.45, 2.75) is 45.4 Å². The van der Waals surface area contributed by atoms with E-state index in [1.807, 2.05) is 12.1 Å². The third-order valence-electron chi connectivity index (χ3n) is 3.79. The number of nitrogens with one attached hydrogen (secondary N) is 1. The van der Waals surface area contributed by atoms with E-state index in [-0.39, 0.29) is 11.3 Å². The summed E-state index contributed by atoms with van der Waals surface area (Å²) in [6, 6.07) is 7.96. The lowest BCUT2D eigenvalue weighted by atomic mass is 9.85. The monoisotopic (exact) mass is 245 g/mol. The maximum absolute atomic E-state index is 11.9. The molecule has 1 aliphatic carbocycles. The first-order valence-electron chi connectivity index (χ1n) is 6.85. The first-order chi connectivity index (χ1) is 8.47. The van der Waals surface area contributed by atoms with E-state index < -0.39 is 0 Å². The van der Waals surface area contributed by atoms with Crippen molar-refractivity contribution in [2.75, 3.05) is 6.54 Å². The lowest BCUT2D eigenvalue weighted by molar-refractivity contribution is 0.0939. The summed E-state index contributed by atoms with van der Waals surface area (Å²) in [7, 11) is 0. The van der Waals surface area contributed by atoms with Crippen LogP contribution in [0.4, 0.5) is 0 Å². The molecule has 0 unspecified atom stereocenters. The minimum absolute atomic E-state index is 0.0577. The van der Waals surface area contributed by atoms with Crippen LogP contribution in [-0.2, 0) is 5.41 Å². The van der Waals surface area contributed by atoms with Gasteiger partial charge in [0.05, 0.1) is 0 Å². The third kappa shape index (κ3) is 3.12. The van der Waals surface area contributed by atoms with Crippen LogP contribution in [0.2, 0.25) is 0 Å². The molecule has 0 heterocycles. The molecule has 98 valence electrons. The van der Waals surface area contributed by atoms with Gasteiger partial charge in [-0.15, -0.1) is 0 Å². The van der Waals surface area contributed by atoms with Gasteiger partial charge >= 0.3 is 0 Å². The number of rotatable bonds is 3. The van der Waals surface area contributed by atoms with E-state index in [4.69, 9.17) is 0 Å². The van der Waals surface area contributed by atoms with Gasteiger partial charge in [0.25, 0.3) is 5.91 Å². The Kier molecular flexibility index (Phi) is 3.74. The Labute approximate surface area is 110 Å². The van der Waals surface area contributed by atoms with Crippen LogP contribution in [0.3, 0.4) is 0 Å². The van der Waals surface area contributed by atoms with Crippen LogP contribution >= 0.6 is 0 Å². The second-order valence-corrected chi connectivity index (χ2v) is 6.33. The van der Waals surface area contributed by atoms with Crippen molar-refractivity contribution < 1.29 is 4.79 Å². The zero-order valence-electron chi connectivity index (χ0n) is 11.6. The van der Waals surface area contributed by atoms with Crippen LogP contribution in [0.5, 0.6) is 0 Å². The third-order valence-corrected chi connectivity index (χ3v) is 3.79. The summed E-state index contributed by atoms with van der Waals surface area (Å²) < 4.78 is 0. The molecule has 1 fully saturated rings. The number of carbonyl (C=O) groups is 1. The Morgan fingerprint density at radius 1 is 1.22 bits per heavy atom. The predicted molar refractivity (Wildman–Crippen MR) is 74.8 cm³/mol. The van der Waals surface area contributed by atoms with Gasteiger partial charge in [-0.3, -0.25) is 4.79 Å². The normalized spacial score (nSPS) is 16.2. The maximum atomic E-state index is 11.9. The average Bonchev–Trinajstić information content (AvgIpc) is 2.26. The minimum atomic E-state index is 0.0577. The van der Waals surface area contributed by atoms with Gasteiger partial charge < -0.3 is 5.32 Å². The lowest BCUT2D eigenvalue weighted by Gasteiger charge is -2.25. The van der Waals surface area contributed by atoms with E-state index >= 15 is 0 Å². The number of amides is 1. The topological polar surface area (TPSA) is 29.1 Å². The Morgan fingerprint density at radius 3 is 2.28 bits per heavy atom. The molecule has 1 aromatic carbocycles. The average molecular weight is 245 g/mol. The molecule has 0 saturated heterocycles. The van der Waals surface area contributed by atoms with Gasteiger partial charge in [0.2, 0.25) is 0 Å². The van der Waals surface area contributed by atoms with Crippen LogP contribution < -0.4 is 5.32 Å². The lowest BCUT2D eigenvalue weighted by Crippen LogP contribution is -2.32. The summed E-state index contributed by atoms with van der Waals surface area (Å²) in [6.45, 7) is 7.37. The Morgan fingerprint density at radius 2 is 1.83 bits per heavy atom. The number of benzene rings is 1. The summed E-state index contributed by atoms with van der Waals surface area (Å²) >= 11 is 0. The van der Waals surface area contributed by atoms with E-state index in [0.717, 1.165) is 12.1 Å². The van der Waals surface area contributed by atoms with Crippen LogP contribution in [-0.4, -0.2) is 12.5 Å². The molecule has 1 saturated carbocycles. The molecule has 2 rings (SSSR count). The van der Waals surface area contributed by atoms with Gasteiger partial charge in [-0.2, -0.15) is 0 Å². The molecule has 1 aliphatic rings. The van der Waals surface area contributed by atoms with Crippen LogP contribution in [0.1, 0.15) is 56.0 Å². The zero-order chi connectivity index (χ0) is 13.2. The van der Waals surface area contributed by atoms with Gasteiger partial charge in [-0.05, 0) is 41.9 Å². The molecule has 0 bridgehead atoms. The molecule has 2 heteroatoms. The second kappa shape index (κ2) is 5.13. The van der Waals surface area contributed by atoms with Crippen molar-refractivity contribution in [3.8, 4) is 0 Å². The highest BCUT2D eigenvalue weighted by molar-refractivity contribution is 5.94. The van der Waals surface area contributed by atoms with Crippen molar-refractivity contribution >= 4 is 5.91 Å². The van der Waals surface area contributed by atoms with Crippen molar-refractivity contribution in [1.82, 2.24) is 5.32 Å². The smallest absolute Gasteiger partial charge is 0.251 e. The molecule has 0 aromatic heterocycles. The van der Waals surface area contributed by atoms with E-state index in [9.17, 15) is 4.79 Å². The summed E-state index contributed by atoms with van der Waals surface area (Å²) in [6.07, 6.45) is 3.85. The number of carbonyl (C=O) groups excluding carboxylic acids is 1. The van der Waals surface area contributed by atoms with E-state index in [0.29, 0.717) is 5.92 Å². The van der Waals surface area contributed by atoms with Gasteiger partial charge in [-0.1, -0.05) is 39.3 Å². The van der Waals surface area contributed by atoms with Crippen LogP contribution in [0.25, 0.3) is 0 Å². The molecule has 1 aromatic rings. The highest BCUT2D eigenvalue weighted by atomic mass is 16.1. The summed E-state index contributed by atoms with van der Waals surface area (Å²) in [5.74, 6) is 0.769. The largest absolute Gasteiger partial charge is 0.352 e. The molecule has 18 heavy (non-hydrogen) atoms. The molecule has 1 amide bonds. The van der Waals surface area contributed by atoms with Gasteiger partial charge in [0.15, 0.2) is 0 Å². The van der Waals surface area contributed by atoms with Crippen molar-refractivity contribution in [2.24, 2.45) is 5.92 Å². The Balaban J connectivity index is 1.93. The van der Waals surface area contributed by atoms with E-state index in [1.54, 1.807) is 0 Å². The molecular weight excluding hydrogens is 222 g/mol. The van der Waals surface area contributed by atoms with Crippen molar-refractivity contribution in [1.29, 1.82) is 0 Å². The van der Waals surface area contributed by atoms with E-state index in [2.05, 4.69) is 38.2 Å². The molecule has 2 nitrogen and oxygen atoms in total. The molecule has 0 radical (unpaired) electrons. The molecule has 0 spiro atoms. The molecule has 0 atom stereocenters. The van der Waals surface area contributed by atoms with Crippen molar-refractivity contribution in [3.05, 3.63) is 35.4 Å². The molecule has 0 aliphatic heterocycles. The summed E-state index contributed by atoms with van der Waals surface area (Å²) in [5.41, 5.74) is 2.17. The number of hydrogen-bond acceptors (Lipinski definition) is 1. The van der Waals surface area contributed by atoms with E-state index in [1.165, 1.54) is 24.8 Å². The van der Waals surface area contributed by atoms with Crippen molar-refractivity contribution in [3.63, 3.8) is 0 Å². The first-order valence-corrected chi connectivity index (χ1v) is 6.85. The Hall–Kier alpha value is -1.31. The standard InChI is InChI=1S/C16H23NO/c1-16(2,3)14-9-7-13(8-10-14)15(18)17-11-12-5-4-6-12/h7-10,12H,4-6,11H2,1-3H3,(H,17,18).